The third-order valence-electron chi connectivity index (χ3n) is 2.31. The van der Waals surface area contributed by atoms with Crippen molar-refractivity contribution in [2.45, 2.75) is 20.3 Å². The maximum absolute atomic E-state index is 9.78. The SMILES string of the molecule is CCc1cc(O)c2nc(C)nc(Cl)c2c1. The van der Waals surface area contributed by atoms with Gasteiger partial charge < -0.3 is 5.11 Å². The van der Waals surface area contributed by atoms with E-state index in [4.69, 9.17) is 11.6 Å². The molecule has 0 saturated heterocycles. The summed E-state index contributed by atoms with van der Waals surface area (Å²) in [4.78, 5) is 8.23. The van der Waals surface area contributed by atoms with Crippen molar-refractivity contribution < 1.29 is 5.11 Å². The molecule has 0 bridgehead atoms. The van der Waals surface area contributed by atoms with Gasteiger partial charge in [0.2, 0.25) is 0 Å². The molecular weight excluding hydrogens is 212 g/mol. The van der Waals surface area contributed by atoms with Gasteiger partial charge in [0.05, 0.1) is 0 Å². The number of nitrogens with zero attached hydrogens (tertiary/aromatic N) is 2. The minimum absolute atomic E-state index is 0.164. The number of rotatable bonds is 1. The lowest BCUT2D eigenvalue weighted by Gasteiger charge is -2.05. The summed E-state index contributed by atoms with van der Waals surface area (Å²) in [5, 5.41) is 10.9. The highest BCUT2D eigenvalue weighted by atomic mass is 35.5. The van der Waals surface area contributed by atoms with Crippen LogP contribution in [-0.2, 0) is 6.42 Å². The zero-order valence-corrected chi connectivity index (χ0v) is 9.34. The summed E-state index contributed by atoms with van der Waals surface area (Å²) in [5.74, 6) is 0.726. The van der Waals surface area contributed by atoms with Crippen LogP contribution in [0.3, 0.4) is 0 Å². The molecule has 0 fully saturated rings. The zero-order valence-electron chi connectivity index (χ0n) is 8.58. The Morgan fingerprint density at radius 2 is 2.07 bits per heavy atom. The van der Waals surface area contributed by atoms with E-state index in [-0.39, 0.29) is 5.75 Å². The molecule has 0 radical (unpaired) electrons. The van der Waals surface area contributed by atoms with Crippen molar-refractivity contribution in [2.24, 2.45) is 0 Å². The number of fused-ring (bicyclic) bond motifs is 1. The topological polar surface area (TPSA) is 46.0 Å². The molecule has 0 aliphatic carbocycles. The zero-order chi connectivity index (χ0) is 11.0. The van der Waals surface area contributed by atoms with E-state index in [9.17, 15) is 5.11 Å². The van der Waals surface area contributed by atoms with E-state index in [1.54, 1.807) is 13.0 Å². The minimum Gasteiger partial charge on any atom is -0.506 e. The van der Waals surface area contributed by atoms with Crippen LogP contribution in [0.5, 0.6) is 5.75 Å². The van der Waals surface area contributed by atoms with E-state index in [1.165, 1.54) is 0 Å². The monoisotopic (exact) mass is 222 g/mol. The molecule has 4 heteroatoms. The number of phenols is 1. The Morgan fingerprint density at radius 3 is 2.73 bits per heavy atom. The number of halogens is 1. The molecule has 0 saturated carbocycles. The fourth-order valence-electron chi connectivity index (χ4n) is 1.55. The number of phenolic OH excluding ortho intramolecular Hbond substituents is 1. The molecule has 3 nitrogen and oxygen atoms in total. The van der Waals surface area contributed by atoms with Crippen molar-refractivity contribution in [3.8, 4) is 5.75 Å². The molecule has 2 aromatic rings. The fraction of sp³-hybridized carbons (Fsp3) is 0.273. The molecule has 0 spiro atoms. The van der Waals surface area contributed by atoms with Crippen LogP contribution in [-0.4, -0.2) is 15.1 Å². The van der Waals surface area contributed by atoms with Crippen molar-refractivity contribution >= 4 is 22.5 Å². The predicted octanol–water partition coefficient (Wildman–Crippen LogP) is 2.86. The van der Waals surface area contributed by atoms with Gasteiger partial charge in [-0.3, -0.25) is 0 Å². The first-order valence-electron chi connectivity index (χ1n) is 4.77. The van der Waals surface area contributed by atoms with Crippen LogP contribution in [0.2, 0.25) is 5.15 Å². The average molecular weight is 223 g/mol. The summed E-state index contributed by atoms with van der Waals surface area (Å²) in [6, 6.07) is 3.63. The molecule has 78 valence electrons. The first kappa shape index (κ1) is 10.2. The molecular formula is C11H11ClN2O. The van der Waals surface area contributed by atoms with Gasteiger partial charge in [-0.15, -0.1) is 0 Å². The van der Waals surface area contributed by atoms with Gasteiger partial charge >= 0.3 is 0 Å². The molecule has 15 heavy (non-hydrogen) atoms. The second-order valence-corrected chi connectivity index (χ2v) is 3.78. The summed E-state index contributed by atoms with van der Waals surface area (Å²) in [7, 11) is 0. The van der Waals surface area contributed by atoms with Gasteiger partial charge in [0.1, 0.15) is 22.2 Å². The van der Waals surface area contributed by atoms with E-state index in [0.717, 1.165) is 12.0 Å². The van der Waals surface area contributed by atoms with Gasteiger partial charge in [0.15, 0.2) is 0 Å². The predicted molar refractivity (Wildman–Crippen MR) is 60.3 cm³/mol. The average Bonchev–Trinajstić information content (AvgIpc) is 2.19. The molecule has 0 aliphatic heterocycles. The Bertz CT molecular complexity index is 525. The fourth-order valence-corrected chi connectivity index (χ4v) is 1.81. The Kier molecular flexibility index (Phi) is 2.49. The lowest BCUT2D eigenvalue weighted by molar-refractivity contribution is 0.479. The first-order valence-corrected chi connectivity index (χ1v) is 5.15. The van der Waals surface area contributed by atoms with Crippen LogP contribution in [0.15, 0.2) is 12.1 Å². The Labute approximate surface area is 92.7 Å². The normalized spacial score (nSPS) is 10.9. The molecule has 0 aliphatic rings. The van der Waals surface area contributed by atoms with E-state index in [0.29, 0.717) is 21.9 Å². The Hall–Kier alpha value is -1.35. The molecule has 1 N–H and O–H groups in total. The van der Waals surface area contributed by atoms with Gasteiger partial charge in [-0.05, 0) is 31.0 Å². The summed E-state index contributed by atoms with van der Waals surface area (Å²) in [6.07, 6.45) is 0.841. The first-order chi connectivity index (χ1) is 7.11. The maximum atomic E-state index is 9.78. The molecule has 1 heterocycles. The third-order valence-corrected chi connectivity index (χ3v) is 2.60. The van der Waals surface area contributed by atoms with Gasteiger partial charge in [-0.25, -0.2) is 9.97 Å². The third kappa shape index (κ3) is 1.75. The number of aryl methyl sites for hydroxylation is 2. The van der Waals surface area contributed by atoms with Gasteiger partial charge in [0.25, 0.3) is 0 Å². The van der Waals surface area contributed by atoms with E-state index >= 15 is 0 Å². The lowest BCUT2D eigenvalue weighted by atomic mass is 10.1. The number of hydrogen-bond donors (Lipinski definition) is 1. The summed E-state index contributed by atoms with van der Waals surface area (Å²) in [6.45, 7) is 3.77. The maximum Gasteiger partial charge on any atom is 0.142 e. The van der Waals surface area contributed by atoms with Gasteiger partial charge in [-0.1, -0.05) is 18.5 Å². The second-order valence-electron chi connectivity index (χ2n) is 3.43. The Balaban J connectivity index is 2.85. The second kappa shape index (κ2) is 3.66. The van der Waals surface area contributed by atoms with Crippen LogP contribution < -0.4 is 0 Å². The van der Waals surface area contributed by atoms with Crippen molar-refractivity contribution in [3.05, 3.63) is 28.7 Å². The van der Waals surface area contributed by atoms with Crippen molar-refractivity contribution in [2.75, 3.05) is 0 Å². The smallest absolute Gasteiger partial charge is 0.142 e. The van der Waals surface area contributed by atoms with Crippen LogP contribution in [0.4, 0.5) is 0 Å². The van der Waals surface area contributed by atoms with E-state index in [1.807, 2.05) is 13.0 Å². The highest BCUT2D eigenvalue weighted by Crippen LogP contribution is 2.29. The van der Waals surface area contributed by atoms with Crippen LogP contribution >= 0.6 is 11.6 Å². The lowest BCUT2D eigenvalue weighted by Crippen LogP contribution is -1.92. The van der Waals surface area contributed by atoms with Gasteiger partial charge in [-0.2, -0.15) is 0 Å². The van der Waals surface area contributed by atoms with Crippen LogP contribution in [0.1, 0.15) is 18.3 Å². The quantitative estimate of drug-likeness (QED) is 0.755. The highest BCUT2D eigenvalue weighted by molar-refractivity contribution is 6.34. The number of benzene rings is 1. The van der Waals surface area contributed by atoms with Crippen molar-refractivity contribution in [1.82, 2.24) is 9.97 Å². The van der Waals surface area contributed by atoms with Crippen molar-refractivity contribution in [3.63, 3.8) is 0 Å². The summed E-state index contributed by atoms with van der Waals surface area (Å²) in [5.41, 5.74) is 1.54. The van der Waals surface area contributed by atoms with Gasteiger partial charge in [0, 0.05) is 5.39 Å². The molecule has 1 aromatic carbocycles. The molecule has 0 atom stereocenters. The number of aromatic nitrogens is 2. The summed E-state index contributed by atoms with van der Waals surface area (Å²) < 4.78 is 0. The van der Waals surface area contributed by atoms with E-state index in [2.05, 4.69) is 9.97 Å². The largest absolute Gasteiger partial charge is 0.506 e. The molecule has 1 aromatic heterocycles. The summed E-state index contributed by atoms with van der Waals surface area (Å²) >= 11 is 6.00. The van der Waals surface area contributed by atoms with Crippen molar-refractivity contribution in [1.29, 1.82) is 0 Å². The van der Waals surface area contributed by atoms with E-state index < -0.39 is 0 Å². The highest BCUT2D eigenvalue weighted by Gasteiger charge is 2.08. The standard InChI is InChI=1S/C11H11ClN2O/c1-3-7-4-8-10(9(15)5-7)13-6(2)14-11(8)12/h4-5,15H,3H2,1-2H3. The van der Waals surface area contributed by atoms with Crippen LogP contribution in [0.25, 0.3) is 10.9 Å². The number of aromatic hydroxyl groups is 1. The molecule has 0 amide bonds. The molecule has 0 unspecified atom stereocenters. The minimum atomic E-state index is 0.164. The number of hydrogen-bond acceptors (Lipinski definition) is 3. The Morgan fingerprint density at radius 1 is 1.33 bits per heavy atom. The van der Waals surface area contributed by atoms with Crippen LogP contribution in [0, 0.1) is 6.92 Å². The molecule has 2 rings (SSSR count).